The van der Waals surface area contributed by atoms with E-state index in [9.17, 15) is 4.79 Å². The van der Waals surface area contributed by atoms with Gasteiger partial charge in [-0.3, -0.25) is 9.78 Å². The van der Waals surface area contributed by atoms with Crippen LogP contribution in [0, 0.1) is 0 Å². The molecule has 2 unspecified atom stereocenters. The topological polar surface area (TPSA) is 77.2 Å². The molecule has 0 radical (unpaired) electrons. The Morgan fingerprint density at radius 1 is 1.07 bits per heavy atom. The van der Waals surface area contributed by atoms with Gasteiger partial charge in [-0.15, -0.1) is 0 Å². The zero-order valence-corrected chi connectivity index (χ0v) is 15.1. The predicted octanol–water partition coefficient (Wildman–Crippen LogP) is 3.88. The lowest BCUT2D eigenvalue weighted by Gasteiger charge is -2.16. The molecule has 5 heteroatoms. The van der Waals surface area contributed by atoms with E-state index in [1.54, 1.807) is 19.5 Å². The number of anilines is 1. The van der Waals surface area contributed by atoms with Crippen molar-refractivity contribution in [3.8, 4) is 16.9 Å². The first-order valence-corrected chi connectivity index (χ1v) is 8.91. The maximum absolute atomic E-state index is 13.0. The summed E-state index contributed by atoms with van der Waals surface area (Å²) in [6, 6.07) is 17.4. The van der Waals surface area contributed by atoms with Gasteiger partial charge in [-0.25, -0.2) is 0 Å². The first-order valence-electron chi connectivity index (χ1n) is 8.91. The summed E-state index contributed by atoms with van der Waals surface area (Å²) >= 11 is 0. The van der Waals surface area contributed by atoms with Crippen LogP contribution in [0.5, 0.6) is 5.75 Å². The molecule has 1 aliphatic carbocycles. The molecule has 0 saturated carbocycles. The molecular weight excluding hydrogens is 338 g/mol. The normalized spacial score (nSPS) is 18.0. The smallest absolute Gasteiger partial charge is 0.232 e. The second-order valence-corrected chi connectivity index (χ2v) is 6.66. The van der Waals surface area contributed by atoms with Crippen LogP contribution in [0.3, 0.4) is 0 Å². The predicted molar refractivity (Wildman–Crippen MR) is 106 cm³/mol. The number of nitrogens with one attached hydrogen (secondary N) is 1. The molecule has 1 aromatic heterocycles. The minimum Gasteiger partial charge on any atom is -0.495 e. The molecule has 1 aliphatic rings. The van der Waals surface area contributed by atoms with Crippen LogP contribution < -0.4 is 15.8 Å². The number of fused-ring (bicyclic) bond motifs is 1. The minimum atomic E-state index is -0.259. The van der Waals surface area contributed by atoms with Crippen molar-refractivity contribution in [3.63, 3.8) is 0 Å². The summed E-state index contributed by atoms with van der Waals surface area (Å²) < 4.78 is 5.44. The number of carbonyl (C=O) groups is 1. The first kappa shape index (κ1) is 17.2. The van der Waals surface area contributed by atoms with Gasteiger partial charge >= 0.3 is 0 Å². The van der Waals surface area contributed by atoms with Crippen molar-refractivity contribution < 1.29 is 9.53 Å². The molecule has 0 fully saturated rings. The van der Waals surface area contributed by atoms with Gasteiger partial charge < -0.3 is 15.8 Å². The Morgan fingerprint density at radius 3 is 2.56 bits per heavy atom. The number of hydrogen-bond acceptors (Lipinski definition) is 4. The van der Waals surface area contributed by atoms with Crippen molar-refractivity contribution in [2.75, 3.05) is 12.4 Å². The average molecular weight is 359 g/mol. The largest absolute Gasteiger partial charge is 0.495 e. The van der Waals surface area contributed by atoms with Crippen molar-refractivity contribution >= 4 is 11.6 Å². The van der Waals surface area contributed by atoms with Crippen LogP contribution in [0.2, 0.25) is 0 Å². The maximum Gasteiger partial charge on any atom is 0.232 e. The number of benzene rings is 2. The Labute approximate surface area is 158 Å². The quantitative estimate of drug-likeness (QED) is 0.741. The number of nitrogens with two attached hydrogens (primary N) is 1. The third-order valence-corrected chi connectivity index (χ3v) is 5.05. The molecule has 1 amide bonds. The van der Waals surface area contributed by atoms with E-state index < -0.39 is 0 Å². The highest BCUT2D eigenvalue weighted by Gasteiger charge is 2.33. The van der Waals surface area contributed by atoms with Gasteiger partial charge in [-0.2, -0.15) is 0 Å². The standard InChI is InChI=1S/C22H21N3O2/c1-27-21-7-6-15(14-8-10-24-11-9-14)12-20(21)25-22(26)18-13-19(23)17-5-3-2-4-16(17)18/h2-12,18-19H,13,23H2,1H3,(H,25,26). The number of carbonyl (C=O) groups excluding carboxylic acids is 1. The number of hydrogen-bond donors (Lipinski definition) is 2. The third-order valence-electron chi connectivity index (χ3n) is 5.05. The summed E-state index contributed by atoms with van der Waals surface area (Å²) in [5.74, 6) is 0.294. The summed E-state index contributed by atoms with van der Waals surface area (Å²) in [6.45, 7) is 0. The van der Waals surface area contributed by atoms with Gasteiger partial charge in [-0.1, -0.05) is 30.3 Å². The van der Waals surface area contributed by atoms with Crippen LogP contribution in [0.4, 0.5) is 5.69 Å². The summed E-state index contributed by atoms with van der Waals surface area (Å²) in [6.07, 6.45) is 4.10. The molecule has 3 N–H and O–H groups in total. The highest BCUT2D eigenvalue weighted by atomic mass is 16.5. The van der Waals surface area contributed by atoms with Gasteiger partial charge in [0.2, 0.25) is 5.91 Å². The fourth-order valence-corrected chi connectivity index (χ4v) is 3.67. The number of ether oxygens (including phenoxy) is 1. The number of rotatable bonds is 4. The minimum absolute atomic E-state index is 0.0689. The molecule has 2 aromatic carbocycles. The van der Waals surface area contributed by atoms with Gasteiger partial charge in [-0.05, 0) is 52.9 Å². The average Bonchev–Trinajstić information content (AvgIpc) is 3.06. The van der Waals surface area contributed by atoms with Crippen molar-refractivity contribution in [2.24, 2.45) is 5.73 Å². The lowest BCUT2D eigenvalue weighted by Crippen LogP contribution is -2.20. The number of pyridine rings is 1. The Kier molecular flexibility index (Phi) is 4.60. The van der Waals surface area contributed by atoms with E-state index in [2.05, 4.69) is 10.3 Å². The van der Waals surface area contributed by atoms with Crippen LogP contribution in [-0.4, -0.2) is 18.0 Å². The Balaban J connectivity index is 1.63. The number of methoxy groups -OCH3 is 1. The van der Waals surface area contributed by atoms with E-state index in [1.165, 1.54) is 0 Å². The van der Waals surface area contributed by atoms with Gasteiger partial charge in [0.25, 0.3) is 0 Å². The highest BCUT2D eigenvalue weighted by Crippen LogP contribution is 2.40. The Hall–Kier alpha value is -3.18. The van der Waals surface area contributed by atoms with Crippen LogP contribution in [0.1, 0.15) is 29.5 Å². The molecule has 3 aromatic rings. The molecule has 27 heavy (non-hydrogen) atoms. The van der Waals surface area contributed by atoms with Crippen molar-refractivity contribution in [3.05, 3.63) is 78.1 Å². The van der Waals surface area contributed by atoms with Gasteiger partial charge in [0.05, 0.1) is 18.7 Å². The molecule has 136 valence electrons. The number of aromatic nitrogens is 1. The second-order valence-electron chi connectivity index (χ2n) is 6.66. The van der Waals surface area contributed by atoms with Gasteiger partial charge in [0, 0.05) is 18.4 Å². The van der Waals surface area contributed by atoms with E-state index in [0.717, 1.165) is 22.3 Å². The summed E-state index contributed by atoms with van der Waals surface area (Å²) in [4.78, 5) is 17.1. The van der Waals surface area contributed by atoms with Crippen molar-refractivity contribution in [1.82, 2.24) is 4.98 Å². The van der Waals surface area contributed by atoms with E-state index in [-0.39, 0.29) is 17.9 Å². The fraction of sp³-hybridized carbons (Fsp3) is 0.182. The fourth-order valence-electron chi connectivity index (χ4n) is 3.67. The third kappa shape index (κ3) is 3.29. The second kappa shape index (κ2) is 7.21. The Morgan fingerprint density at radius 2 is 1.81 bits per heavy atom. The van der Waals surface area contributed by atoms with Crippen molar-refractivity contribution in [1.29, 1.82) is 0 Å². The van der Waals surface area contributed by atoms with Gasteiger partial charge in [0.15, 0.2) is 0 Å². The summed E-state index contributed by atoms with van der Waals surface area (Å²) in [5, 5.41) is 3.04. The SMILES string of the molecule is COc1ccc(-c2ccncc2)cc1NC(=O)C1CC(N)c2ccccc21. The van der Waals surface area contributed by atoms with Crippen LogP contribution in [0.25, 0.3) is 11.1 Å². The zero-order chi connectivity index (χ0) is 18.8. The summed E-state index contributed by atoms with van der Waals surface area (Å²) in [7, 11) is 1.60. The molecule has 0 bridgehead atoms. The molecule has 2 atom stereocenters. The van der Waals surface area contributed by atoms with Crippen LogP contribution >= 0.6 is 0 Å². The number of nitrogens with zero attached hydrogens (tertiary/aromatic N) is 1. The van der Waals surface area contributed by atoms with Gasteiger partial charge in [0.1, 0.15) is 5.75 Å². The molecule has 1 heterocycles. The van der Waals surface area contributed by atoms with Crippen molar-refractivity contribution in [2.45, 2.75) is 18.4 Å². The van der Waals surface area contributed by atoms with Crippen LogP contribution in [0.15, 0.2) is 67.0 Å². The molecular formula is C22H21N3O2. The molecule has 4 rings (SSSR count). The highest BCUT2D eigenvalue weighted by molar-refractivity contribution is 5.98. The Bertz CT molecular complexity index is 972. The monoisotopic (exact) mass is 359 g/mol. The molecule has 0 aliphatic heterocycles. The van der Waals surface area contributed by atoms with Crippen LogP contribution in [-0.2, 0) is 4.79 Å². The first-order chi connectivity index (χ1) is 13.2. The lowest BCUT2D eigenvalue weighted by atomic mass is 10.00. The van der Waals surface area contributed by atoms with E-state index in [0.29, 0.717) is 17.9 Å². The summed E-state index contributed by atoms with van der Waals surface area (Å²) in [5.41, 5.74) is 10.9. The molecule has 0 spiro atoms. The lowest BCUT2D eigenvalue weighted by molar-refractivity contribution is -0.117. The number of amides is 1. The maximum atomic E-state index is 13.0. The zero-order valence-electron chi connectivity index (χ0n) is 15.1. The van der Waals surface area contributed by atoms with E-state index in [1.807, 2.05) is 54.6 Å². The molecule has 0 saturated heterocycles. The molecule has 5 nitrogen and oxygen atoms in total. The van der Waals surface area contributed by atoms with E-state index >= 15 is 0 Å². The van der Waals surface area contributed by atoms with E-state index in [4.69, 9.17) is 10.5 Å².